The zero-order valence-electron chi connectivity index (χ0n) is 15.5. The van der Waals surface area contributed by atoms with E-state index < -0.39 is 22.9 Å². The van der Waals surface area contributed by atoms with Crippen molar-refractivity contribution in [2.24, 2.45) is 0 Å². The van der Waals surface area contributed by atoms with Crippen molar-refractivity contribution >= 4 is 29.1 Å². The average Bonchev–Trinajstić information content (AvgIpc) is 3.33. The highest BCUT2D eigenvalue weighted by atomic mass is 16.6. The lowest BCUT2D eigenvalue weighted by molar-refractivity contribution is -0.384. The van der Waals surface area contributed by atoms with Gasteiger partial charge in [-0.25, -0.2) is 4.79 Å². The third kappa shape index (κ3) is 4.27. The van der Waals surface area contributed by atoms with E-state index in [0.29, 0.717) is 11.4 Å². The molecule has 2 heterocycles. The van der Waals surface area contributed by atoms with Crippen molar-refractivity contribution < 1.29 is 23.8 Å². The van der Waals surface area contributed by atoms with Crippen molar-refractivity contribution in [2.45, 2.75) is 32.8 Å². The number of benzene rings is 1. The van der Waals surface area contributed by atoms with E-state index in [0.717, 1.165) is 25.9 Å². The lowest BCUT2D eigenvalue weighted by Gasteiger charge is -2.18. The zero-order valence-corrected chi connectivity index (χ0v) is 15.5. The normalized spacial score (nSPS) is 14.6. The van der Waals surface area contributed by atoms with Crippen LogP contribution in [0.4, 0.5) is 17.2 Å². The van der Waals surface area contributed by atoms with Gasteiger partial charge in [-0.15, -0.1) is 0 Å². The Bertz CT molecular complexity index is 903. The second kappa shape index (κ2) is 8.07. The SMILES string of the molecule is Cc1cc(NC(=O)[C@@H](C)OC(=O)c2ccc(N3CCCC3)c([N+](=O)[O-])c2)no1. The summed E-state index contributed by atoms with van der Waals surface area (Å²) in [5, 5.41) is 17.5. The van der Waals surface area contributed by atoms with Gasteiger partial charge in [0.15, 0.2) is 11.9 Å². The van der Waals surface area contributed by atoms with E-state index in [1.54, 1.807) is 13.0 Å². The Morgan fingerprint density at radius 1 is 1.32 bits per heavy atom. The predicted octanol–water partition coefficient (Wildman–Crippen LogP) is 2.68. The summed E-state index contributed by atoms with van der Waals surface area (Å²) in [5.41, 5.74) is 0.323. The van der Waals surface area contributed by atoms with Crippen molar-refractivity contribution in [2.75, 3.05) is 23.3 Å². The quantitative estimate of drug-likeness (QED) is 0.454. The Morgan fingerprint density at radius 2 is 2.04 bits per heavy atom. The summed E-state index contributed by atoms with van der Waals surface area (Å²) in [7, 11) is 0. The van der Waals surface area contributed by atoms with Gasteiger partial charge in [-0.2, -0.15) is 0 Å². The molecule has 1 aromatic heterocycles. The fourth-order valence-electron chi connectivity index (χ4n) is 2.96. The molecule has 2 aromatic rings. The number of esters is 1. The van der Waals surface area contributed by atoms with E-state index in [9.17, 15) is 19.7 Å². The van der Waals surface area contributed by atoms with Crippen LogP contribution in [0.5, 0.6) is 0 Å². The number of amides is 1. The summed E-state index contributed by atoms with van der Waals surface area (Å²) in [4.78, 5) is 37.3. The molecular formula is C18H20N4O6. The van der Waals surface area contributed by atoms with Gasteiger partial charge in [0.05, 0.1) is 10.5 Å². The molecule has 1 atom stereocenters. The maximum absolute atomic E-state index is 12.4. The smallest absolute Gasteiger partial charge is 0.339 e. The molecule has 1 N–H and O–H groups in total. The highest BCUT2D eigenvalue weighted by Crippen LogP contribution is 2.32. The van der Waals surface area contributed by atoms with E-state index in [-0.39, 0.29) is 17.1 Å². The van der Waals surface area contributed by atoms with E-state index in [1.165, 1.54) is 25.1 Å². The summed E-state index contributed by atoms with van der Waals surface area (Å²) in [6.45, 7) is 4.55. The minimum absolute atomic E-state index is 0.00609. The monoisotopic (exact) mass is 388 g/mol. The minimum atomic E-state index is -1.12. The van der Waals surface area contributed by atoms with Crippen molar-refractivity contribution in [3.63, 3.8) is 0 Å². The summed E-state index contributed by atoms with van der Waals surface area (Å²) < 4.78 is 9.98. The van der Waals surface area contributed by atoms with Crippen LogP contribution in [0, 0.1) is 17.0 Å². The summed E-state index contributed by atoms with van der Waals surface area (Å²) in [6, 6.07) is 5.71. The molecule has 0 unspecified atom stereocenters. The Balaban J connectivity index is 1.70. The van der Waals surface area contributed by atoms with Crippen molar-refractivity contribution in [1.29, 1.82) is 0 Å². The van der Waals surface area contributed by atoms with Crippen LogP contribution >= 0.6 is 0 Å². The first kappa shape index (κ1) is 19.3. The first-order valence-corrected chi connectivity index (χ1v) is 8.83. The molecule has 28 heavy (non-hydrogen) atoms. The molecule has 0 bridgehead atoms. The summed E-state index contributed by atoms with van der Waals surface area (Å²) in [6.07, 6.45) is 0.818. The molecule has 1 saturated heterocycles. The fraction of sp³-hybridized carbons (Fsp3) is 0.389. The van der Waals surface area contributed by atoms with Gasteiger partial charge < -0.3 is 19.5 Å². The summed E-state index contributed by atoms with van der Waals surface area (Å²) in [5.74, 6) is -0.693. The van der Waals surface area contributed by atoms with Gasteiger partial charge in [0.2, 0.25) is 0 Å². The molecule has 1 aromatic carbocycles. The van der Waals surface area contributed by atoms with Crippen LogP contribution in [0.3, 0.4) is 0 Å². The number of ether oxygens (including phenoxy) is 1. The first-order valence-electron chi connectivity index (χ1n) is 8.83. The average molecular weight is 388 g/mol. The van der Waals surface area contributed by atoms with Gasteiger partial charge in [0.1, 0.15) is 11.4 Å². The second-order valence-electron chi connectivity index (χ2n) is 6.51. The van der Waals surface area contributed by atoms with Crippen LogP contribution < -0.4 is 10.2 Å². The van der Waals surface area contributed by atoms with Crippen LogP contribution in [0.1, 0.15) is 35.9 Å². The maximum atomic E-state index is 12.4. The van der Waals surface area contributed by atoms with Crippen LogP contribution in [0.2, 0.25) is 0 Å². The highest BCUT2D eigenvalue weighted by molar-refractivity contribution is 5.97. The predicted molar refractivity (Wildman–Crippen MR) is 99.3 cm³/mol. The third-order valence-corrected chi connectivity index (χ3v) is 4.39. The number of nitrogens with one attached hydrogen (secondary N) is 1. The molecule has 0 radical (unpaired) electrons. The number of hydrogen-bond donors (Lipinski definition) is 1. The molecule has 10 heteroatoms. The molecular weight excluding hydrogens is 368 g/mol. The lowest BCUT2D eigenvalue weighted by Crippen LogP contribution is -2.30. The number of nitrogens with zero attached hydrogens (tertiary/aromatic N) is 3. The van der Waals surface area contributed by atoms with Gasteiger partial charge in [0, 0.05) is 25.2 Å². The molecule has 10 nitrogen and oxygen atoms in total. The van der Waals surface area contributed by atoms with Gasteiger partial charge in [-0.05, 0) is 38.8 Å². The molecule has 1 aliphatic heterocycles. The topological polar surface area (TPSA) is 128 Å². The Labute approximate surface area is 160 Å². The fourth-order valence-corrected chi connectivity index (χ4v) is 2.96. The molecule has 1 aliphatic rings. The molecule has 0 spiro atoms. The number of anilines is 2. The maximum Gasteiger partial charge on any atom is 0.339 e. The van der Waals surface area contributed by atoms with Crippen LogP contribution in [0.25, 0.3) is 0 Å². The Hall–Kier alpha value is -3.43. The number of aryl methyl sites for hydroxylation is 1. The largest absolute Gasteiger partial charge is 0.449 e. The number of hydrogen-bond acceptors (Lipinski definition) is 8. The van der Waals surface area contributed by atoms with Crippen molar-refractivity contribution in [1.82, 2.24) is 5.16 Å². The van der Waals surface area contributed by atoms with Gasteiger partial charge in [0.25, 0.3) is 11.6 Å². The lowest BCUT2D eigenvalue weighted by atomic mass is 10.1. The number of nitro benzene ring substituents is 1. The Morgan fingerprint density at radius 3 is 2.64 bits per heavy atom. The van der Waals surface area contributed by atoms with E-state index >= 15 is 0 Å². The molecule has 1 fully saturated rings. The Kier molecular flexibility index (Phi) is 5.57. The molecule has 148 valence electrons. The van der Waals surface area contributed by atoms with Gasteiger partial charge in [-0.1, -0.05) is 5.16 Å². The number of aromatic nitrogens is 1. The number of rotatable bonds is 6. The summed E-state index contributed by atoms with van der Waals surface area (Å²) >= 11 is 0. The molecule has 3 rings (SSSR count). The number of nitro groups is 1. The van der Waals surface area contributed by atoms with Crippen molar-refractivity contribution in [3.05, 3.63) is 45.7 Å². The highest BCUT2D eigenvalue weighted by Gasteiger charge is 2.26. The van der Waals surface area contributed by atoms with E-state index in [1.807, 2.05) is 4.90 Å². The van der Waals surface area contributed by atoms with Crippen molar-refractivity contribution in [3.8, 4) is 0 Å². The van der Waals surface area contributed by atoms with Crippen LogP contribution in [-0.2, 0) is 9.53 Å². The van der Waals surface area contributed by atoms with Crippen LogP contribution in [-0.4, -0.2) is 41.1 Å². The first-order chi connectivity index (χ1) is 13.3. The standard InChI is InChI=1S/C18H20N4O6/c1-11-9-16(20-28-11)19-17(23)12(2)27-18(24)13-5-6-14(15(10-13)22(25)26)21-7-3-4-8-21/h5-6,9-10,12H,3-4,7-8H2,1-2H3,(H,19,20,23)/t12-/m1/s1. The van der Waals surface area contributed by atoms with Gasteiger partial charge >= 0.3 is 5.97 Å². The molecule has 1 amide bonds. The third-order valence-electron chi connectivity index (χ3n) is 4.39. The number of carbonyl (C=O) groups excluding carboxylic acids is 2. The number of carbonyl (C=O) groups is 2. The second-order valence-corrected chi connectivity index (χ2v) is 6.51. The molecule has 0 saturated carbocycles. The van der Waals surface area contributed by atoms with Gasteiger partial charge in [-0.3, -0.25) is 14.9 Å². The molecule has 0 aliphatic carbocycles. The zero-order chi connectivity index (χ0) is 20.3. The minimum Gasteiger partial charge on any atom is -0.449 e. The van der Waals surface area contributed by atoms with Crippen LogP contribution in [0.15, 0.2) is 28.8 Å². The van der Waals surface area contributed by atoms with E-state index in [2.05, 4.69) is 10.5 Å². The van der Waals surface area contributed by atoms with E-state index in [4.69, 9.17) is 9.26 Å².